The summed E-state index contributed by atoms with van der Waals surface area (Å²) in [6, 6.07) is 17.4. The fraction of sp³-hybridized carbons (Fsp3) is 0.304. The summed E-state index contributed by atoms with van der Waals surface area (Å²) >= 11 is 0. The first-order valence-corrected chi connectivity index (χ1v) is 9.47. The third kappa shape index (κ3) is 5.14. The summed E-state index contributed by atoms with van der Waals surface area (Å²) in [7, 11) is 1.58. The van der Waals surface area contributed by atoms with Crippen LogP contribution in [-0.2, 0) is 11.4 Å². The van der Waals surface area contributed by atoms with E-state index in [4.69, 9.17) is 9.47 Å². The van der Waals surface area contributed by atoms with Crippen molar-refractivity contribution < 1.29 is 14.3 Å². The lowest BCUT2D eigenvalue weighted by molar-refractivity contribution is -0.117. The Labute approximate surface area is 165 Å². The molecule has 2 aromatic rings. The summed E-state index contributed by atoms with van der Waals surface area (Å²) in [5.74, 6) is 0.840. The highest BCUT2D eigenvalue weighted by molar-refractivity contribution is 6.01. The molecular weight excluding hydrogens is 352 g/mol. The van der Waals surface area contributed by atoms with Gasteiger partial charge in [-0.3, -0.25) is 4.79 Å². The number of carbonyl (C=O) groups is 1. The minimum atomic E-state index is -0.322. The van der Waals surface area contributed by atoms with Crippen LogP contribution in [0, 0.1) is 11.3 Å². The van der Waals surface area contributed by atoms with Crippen LogP contribution in [0.2, 0.25) is 0 Å². The molecule has 0 saturated heterocycles. The summed E-state index contributed by atoms with van der Waals surface area (Å²) in [5.41, 5.74) is 1.84. The van der Waals surface area contributed by atoms with Gasteiger partial charge in [-0.15, -0.1) is 0 Å². The van der Waals surface area contributed by atoms with Crippen molar-refractivity contribution in [1.82, 2.24) is 5.32 Å². The molecule has 0 aromatic heterocycles. The zero-order valence-electron chi connectivity index (χ0n) is 16.0. The van der Waals surface area contributed by atoms with E-state index in [1.165, 1.54) is 0 Å². The van der Waals surface area contributed by atoms with Crippen molar-refractivity contribution in [3.05, 3.63) is 65.2 Å². The van der Waals surface area contributed by atoms with Gasteiger partial charge in [-0.05, 0) is 42.2 Å². The number of nitriles is 1. The van der Waals surface area contributed by atoms with Gasteiger partial charge in [0.05, 0.1) is 7.11 Å². The molecule has 1 aliphatic rings. The molecular formula is C23H24N2O3. The molecule has 0 heterocycles. The van der Waals surface area contributed by atoms with Crippen LogP contribution in [0.5, 0.6) is 11.5 Å². The molecule has 1 N–H and O–H groups in total. The van der Waals surface area contributed by atoms with Gasteiger partial charge in [-0.25, -0.2) is 0 Å². The predicted octanol–water partition coefficient (Wildman–Crippen LogP) is 4.24. The number of rotatable bonds is 7. The maximum Gasteiger partial charge on any atom is 0.262 e. The van der Waals surface area contributed by atoms with Gasteiger partial charge >= 0.3 is 0 Å². The number of nitrogens with zero attached hydrogens (tertiary/aromatic N) is 1. The van der Waals surface area contributed by atoms with Crippen LogP contribution < -0.4 is 14.8 Å². The minimum absolute atomic E-state index is 0.0890. The Morgan fingerprint density at radius 2 is 1.93 bits per heavy atom. The molecule has 0 bridgehead atoms. The SMILES string of the molecule is COc1ccc(/C=C(\C#N)C(=O)NC2CCCC2)cc1OCc1ccccc1. The molecule has 1 fully saturated rings. The van der Waals surface area contributed by atoms with E-state index < -0.39 is 0 Å². The van der Waals surface area contributed by atoms with Crippen LogP contribution in [-0.4, -0.2) is 19.1 Å². The summed E-state index contributed by atoms with van der Waals surface area (Å²) in [6.07, 6.45) is 5.78. The largest absolute Gasteiger partial charge is 0.493 e. The lowest BCUT2D eigenvalue weighted by Gasteiger charge is -2.12. The minimum Gasteiger partial charge on any atom is -0.493 e. The molecule has 1 aliphatic carbocycles. The van der Waals surface area contributed by atoms with Crippen molar-refractivity contribution in [2.75, 3.05) is 7.11 Å². The molecule has 0 spiro atoms. The molecule has 3 rings (SSSR count). The second kappa shape index (κ2) is 9.61. The molecule has 0 unspecified atom stereocenters. The molecule has 5 nitrogen and oxygen atoms in total. The highest BCUT2D eigenvalue weighted by Gasteiger charge is 2.19. The van der Waals surface area contributed by atoms with E-state index in [0.29, 0.717) is 23.7 Å². The monoisotopic (exact) mass is 376 g/mol. The second-order valence-electron chi connectivity index (χ2n) is 6.81. The van der Waals surface area contributed by atoms with Crippen molar-refractivity contribution >= 4 is 12.0 Å². The zero-order valence-corrected chi connectivity index (χ0v) is 16.0. The van der Waals surface area contributed by atoms with Gasteiger partial charge in [0.1, 0.15) is 18.2 Å². The predicted molar refractivity (Wildman–Crippen MR) is 108 cm³/mol. The van der Waals surface area contributed by atoms with Gasteiger partial charge in [0.25, 0.3) is 5.91 Å². The molecule has 28 heavy (non-hydrogen) atoms. The number of hydrogen-bond donors (Lipinski definition) is 1. The fourth-order valence-corrected chi connectivity index (χ4v) is 3.28. The van der Waals surface area contributed by atoms with E-state index in [0.717, 1.165) is 31.2 Å². The number of carbonyl (C=O) groups excluding carboxylic acids is 1. The molecule has 1 amide bonds. The van der Waals surface area contributed by atoms with E-state index >= 15 is 0 Å². The van der Waals surface area contributed by atoms with Crippen molar-refractivity contribution in [1.29, 1.82) is 5.26 Å². The van der Waals surface area contributed by atoms with Crippen LogP contribution >= 0.6 is 0 Å². The number of amides is 1. The molecule has 0 atom stereocenters. The number of hydrogen-bond acceptors (Lipinski definition) is 4. The lowest BCUT2D eigenvalue weighted by atomic mass is 10.1. The average molecular weight is 376 g/mol. The van der Waals surface area contributed by atoms with E-state index in [9.17, 15) is 10.1 Å². The van der Waals surface area contributed by atoms with Crippen molar-refractivity contribution in [3.8, 4) is 17.6 Å². The summed E-state index contributed by atoms with van der Waals surface area (Å²) in [4.78, 5) is 12.4. The van der Waals surface area contributed by atoms with E-state index in [-0.39, 0.29) is 17.5 Å². The Balaban J connectivity index is 1.75. The van der Waals surface area contributed by atoms with Gasteiger partial charge < -0.3 is 14.8 Å². The van der Waals surface area contributed by atoms with E-state index in [2.05, 4.69) is 5.32 Å². The standard InChI is InChI=1S/C23H24N2O3/c1-27-21-12-11-18(14-22(21)28-16-17-7-3-2-4-8-17)13-19(15-24)23(26)25-20-9-5-6-10-20/h2-4,7-8,11-14,20H,5-6,9-10,16H2,1H3,(H,25,26)/b19-13+. The molecule has 144 valence electrons. The van der Waals surface area contributed by atoms with Gasteiger partial charge in [0, 0.05) is 6.04 Å². The first kappa shape index (κ1) is 19.5. The first-order valence-electron chi connectivity index (χ1n) is 9.47. The Kier molecular flexibility index (Phi) is 6.69. The third-order valence-corrected chi connectivity index (χ3v) is 4.79. The van der Waals surface area contributed by atoms with Crippen molar-refractivity contribution in [2.45, 2.75) is 38.3 Å². The van der Waals surface area contributed by atoms with Crippen LogP contribution in [0.15, 0.2) is 54.1 Å². The first-order chi connectivity index (χ1) is 13.7. The van der Waals surface area contributed by atoms with Crippen LogP contribution in [0.4, 0.5) is 0 Å². The Morgan fingerprint density at radius 3 is 2.61 bits per heavy atom. The Bertz CT molecular complexity index is 878. The third-order valence-electron chi connectivity index (χ3n) is 4.79. The maximum absolute atomic E-state index is 12.4. The second-order valence-corrected chi connectivity index (χ2v) is 6.81. The van der Waals surface area contributed by atoms with Crippen molar-refractivity contribution in [2.24, 2.45) is 0 Å². The van der Waals surface area contributed by atoms with Gasteiger partial charge in [-0.2, -0.15) is 5.26 Å². The Morgan fingerprint density at radius 1 is 1.18 bits per heavy atom. The molecule has 0 aliphatic heterocycles. The lowest BCUT2D eigenvalue weighted by Crippen LogP contribution is -2.33. The van der Waals surface area contributed by atoms with E-state index in [1.807, 2.05) is 36.4 Å². The smallest absolute Gasteiger partial charge is 0.262 e. The quantitative estimate of drug-likeness (QED) is 0.579. The highest BCUT2D eigenvalue weighted by atomic mass is 16.5. The molecule has 0 radical (unpaired) electrons. The van der Waals surface area contributed by atoms with Crippen LogP contribution in [0.25, 0.3) is 6.08 Å². The van der Waals surface area contributed by atoms with Gasteiger partial charge in [0.2, 0.25) is 0 Å². The molecule has 2 aromatic carbocycles. The highest BCUT2D eigenvalue weighted by Crippen LogP contribution is 2.30. The topological polar surface area (TPSA) is 71.3 Å². The average Bonchev–Trinajstić information content (AvgIpc) is 3.24. The summed E-state index contributed by atoms with van der Waals surface area (Å²) < 4.78 is 11.3. The normalized spacial score (nSPS) is 14.4. The number of nitrogens with one attached hydrogen (secondary N) is 1. The molecule has 1 saturated carbocycles. The maximum atomic E-state index is 12.4. The molecule has 5 heteroatoms. The number of benzene rings is 2. The van der Waals surface area contributed by atoms with Gasteiger partial charge in [-0.1, -0.05) is 49.2 Å². The zero-order chi connectivity index (χ0) is 19.8. The fourth-order valence-electron chi connectivity index (χ4n) is 3.28. The van der Waals surface area contributed by atoms with Crippen LogP contribution in [0.3, 0.4) is 0 Å². The van der Waals surface area contributed by atoms with E-state index in [1.54, 1.807) is 31.4 Å². The number of ether oxygens (including phenoxy) is 2. The number of methoxy groups -OCH3 is 1. The summed E-state index contributed by atoms with van der Waals surface area (Å²) in [6.45, 7) is 0.400. The van der Waals surface area contributed by atoms with Crippen LogP contribution in [0.1, 0.15) is 36.8 Å². The van der Waals surface area contributed by atoms with Gasteiger partial charge in [0.15, 0.2) is 11.5 Å². The van der Waals surface area contributed by atoms with Crippen molar-refractivity contribution in [3.63, 3.8) is 0 Å². The summed E-state index contributed by atoms with van der Waals surface area (Å²) in [5, 5.41) is 12.4. The Hall–Kier alpha value is -3.26.